The molecule has 1 heterocycles. The van der Waals surface area contributed by atoms with Crippen LogP contribution < -0.4 is 21.7 Å². The molecule has 0 aliphatic carbocycles. The van der Waals surface area contributed by atoms with Crippen molar-refractivity contribution in [3.8, 4) is 0 Å². The number of hydrogen-bond acceptors (Lipinski definition) is 5. The maximum absolute atomic E-state index is 10.2. The third-order valence-electron chi connectivity index (χ3n) is 1.58. The van der Waals surface area contributed by atoms with Crippen LogP contribution in [0.5, 0.6) is 0 Å². The van der Waals surface area contributed by atoms with E-state index in [0.717, 1.165) is 26.2 Å². The molecule has 7 heteroatoms. The molecule has 6 N–H and O–H groups in total. The number of carbonyl (C=O) groups excluding carboxylic acids is 1. The van der Waals surface area contributed by atoms with Gasteiger partial charge < -0.3 is 26.8 Å². The van der Waals surface area contributed by atoms with Gasteiger partial charge >= 0.3 is 5.97 Å². The smallest absolute Gasteiger partial charge is 0.322 e. The molecule has 15 heavy (non-hydrogen) atoms. The zero-order valence-corrected chi connectivity index (χ0v) is 8.58. The van der Waals surface area contributed by atoms with Crippen molar-refractivity contribution in [2.75, 3.05) is 39.3 Å². The molecule has 0 aromatic heterocycles. The van der Waals surface area contributed by atoms with Crippen molar-refractivity contribution in [3.63, 3.8) is 0 Å². The van der Waals surface area contributed by atoms with E-state index in [1.165, 1.54) is 0 Å². The normalized spacial score (nSPS) is 14.7. The summed E-state index contributed by atoms with van der Waals surface area (Å²) in [7, 11) is 0. The van der Waals surface area contributed by atoms with Crippen LogP contribution in [0.15, 0.2) is 0 Å². The molecule has 0 saturated carbocycles. The molecule has 0 atom stereocenters. The SMILES string of the molecule is C1CNCCN1.NCC(=O)NCC(=O)O. The zero-order chi connectivity index (χ0) is 11.5. The van der Waals surface area contributed by atoms with Crippen molar-refractivity contribution in [2.24, 2.45) is 5.73 Å². The number of rotatable bonds is 3. The molecule has 1 saturated heterocycles. The van der Waals surface area contributed by atoms with Crippen LogP contribution in [0.4, 0.5) is 0 Å². The van der Waals surface area contributed by atoms with E-state index in [2.05, 4.69) is 16.0 Å². The molecule has 88 valence electrons. The van der Waals surface area contributed by atoms with Gasteiger partial charge in [0.2, 0.25) is 5.91 Å². The van der Waals surface area contributed by atoms with Gasteiger partial charge in [-0.15, -0.1) is 0 Å². The van der Waals surface area contributed by atoms with Gasteiger partial charge in [-0.1, -0.05) is 0 Å². The highest BCUT2D eigenvalue weighted by Gasteiger charge is 1.98. The molecule has 0 radical (unpaired) electrons. The topological polar surface area (TPSA) is 116 Å². The third kappa shape index (κ3) is 10.7. The van der Waals surface area contributed by atoms with E-state index in [1.807, 2.05) is 0 Å². The van der Waals surface area contributed by atoms with Crippen molar-refractivity contribution >= 4 is 11.9 Å². The summed E-state index contributed by atoms with van der Waals surface area (Å²) in [5.41, 5.74) is 4.85. The molecule has 1 amide bonds. The van der Waals surface area contributed by atoms with Gasteiger partial charge in [0.1, 0.15) is 6.54 Å². The summed E-state index contributed by atoms with van der Waals surface area (Å²) in [5.74, 6) is -1.53. The lowest BCUT2D eigenvalue weighted by atomic mass is 10.4. The first-order chi connectivity index (χ1) is 7.16. The van der Waals surface area contributed by atoms with Crippen LogP contribution in [0.3, 0.4) is 0 Å². The highest BCUT2D eigenvalue weighted by Crippen LogP contribution is 1.65. The highest BCUT2D eigenvalue weighted by molar-refractivity contribution is 5.82. The fourth-order valence-corrected chi connectivity index (χ4v) is 0.850. The van der Waals surface area contributed by atoms with Gasteiger partial charge in [0.05, 0.1) is 6.54 Å². The molecule has 7 nitrogen and oxygen atoms in total. The van der Waals surface area contributed by atoms with Crippen molar-refractivity contribution in [2.45, 2.75) is 0 Å². The predicted molar refractivity (Wildman–Crippen MR) is 55.4 cm³/mol. The van der Waals surface area contributed by atoms with E-state index in [0.29, 0.717) is 0 Å². The fourth-order valence-electron chi connectivity index (χ4n) is 0.850. The second kappa shape index (κ2) is 9.38. The van der Waals surface area contributed by atoms with Gasteiger partial charge in [-0.3, -0.25) is 9.59 Å². The van der Waals surface area contributed by atoms with Crippen LogP contribution in [0.1, 0.15) is 0 Å². The molecular formula is C8H18N4O3. The summed E-state index contributed by atoms with van der Waals surface area (Å²) >= 11 is 0. The van der Waals surface area contributed by atoms with E-state index >= 15 is 0 Å². The molecule has 1 fully saturated rings. The summed E-state index contributed by atoms with van der Waals surface area (Å²) in [6, 6.07) is 0. The van der Waals surface area contributed by atoms with Gasteiger partial charge in [-0.2, -0.15) is 0 Å². The second-order valence-corrected chi connectivity index (χ2v) is 2.87. The monoisotopic (exact) mass is 218 g/mol. The van der Waals surface area contributed by atoms with Crippen LogP contribution in [0.2, 0.25) is 0 Å². The Kier molecular flexibility index (Phi) is 8.64. The lowest BCUT2D eigenvalue weighted by Crippen LogP contribution is -2.39. The summed E-state index contributed by atoms with van der Waals surface area (Å²) in [6.45, 7) is 4.02. The summed E-state index contributed by atoms with van der Waals surface area (Å²) < 4.78 is 0. The number of carbonyl (C=O) groups is 2. The average molecular weight is 218 g/mol. The molecule has 0 unspecified atom stereocenters. The number of amides is 1. The minimum Gasteiger partial charge on any atom is -0.480 e. The van der Waals surface area contributed by atoms with Crippen molar-refractivity contribution in [3.05, 3.63) is 0 Å². The number of nitrogens with two attached hydrogens (primary N) is 1. The molecule has 1 aliphatic rings. The largest absolute Gasteiger partial charge is 0.480 e. The van der Waals surface area contributed by atoms with E-state index in [-0.39, 0.29) is 13.1 Å². The second-order valence-electron chi connectivity index (χ2n) is 2.87. The minimum absolute atomic E-state index is 0.173. The number of aliphatic carboxylic acids is 1. The van der Waals surface area contributed by atoms with Crippen molar-refractivity contribution < 1.29 is 14.7 Å². The van der Waals surface area contributed by atoms with Crippen LogP contribution in [0, 0.1) is 0 Å². The Labute approximate surface area is 88.4 Å². The predicted octanol–water partition coefficient (Wildman–Crippen LogP) is -2.67. The first-order valence-corrected chi connectivity index (χ1v) is 4.76. The quantitative estimate of drug-likeness (QED) is 0.352. The van der Waals surface area contributed by atoms with Gasteiger partial charge in [-0.25, -0.2) is 0 Å². The number of nitrogens with one attached hydrogen (secondary N) is 3. The molecule has 0 bridgehead atoms. The first kappa shape index (κ1) is 13.8. The standard InChI is InChI=1S/C4H8N2O3.C4H10N2/c5-1-3(7)6-2-4(8)9;1-2-6-4-3-5-1/h1-2,5H2,(H,6,7)(H,8,9);5-6H,1-4H2. The van der Waals surface area contributed by atoms with Crippen LogP contribution in [-0.2, 0) is 9.59 Å². The van der Waals surface area contributed by atoms with E-state index in [1.54, 1.807) is 0 Å². The van der Waals surface area contributed by atoms with Crippen LogP contribution in [0.25, 0.3) is 0 Å². The van der Waals surface area contributed by atoms with Crippen molar-refractivity contribution in [1.29, 1.82) is 0 Å². The Morgan fingerprint density at radius 1 is 1.20 bits per heavy atom. The Hall–Kier alpha value is -1.18. The van der Waals surface area contributed by atoms with Gasteiger partial charge in [-0.05, 0) is 0 Å². The number of carboxylic acid groups (broad SMARTS) is 1. The lowest BCUT2D eigenvalue weighted by Gasteiger charge is -2.11. The molecular weight excluding hydrogens is 200 g/mol. The Morgan fingerprint density at radius 2 is 1.67 bits per heavy atom. The van der Waals surface area contributed by atoms with Gasteiger partial charge in [0.15, 0.2) is 0 Å². The van der Waals surface area contributed by atoms with Crippen LogP contribution in [-0.4, -0.2) is 56.3 Å². The number of piperazine rings is 1. The summed E-state index contributed by atoms with van der Waals surface area (Å²) in [6.07, 6.45) is 0. The van der Waals surface area contributed by atoms with Crippen LogP contribution >= 0.6 is 0 Å². The third-order valence-corrected chi connectivity index (χ3v) is 1.58. The van der Waals surface area contributed by atoms with Gasteiger partial charge in [0.25, 0.3) is 0 Å². The molecule has 0 aromatic rings. The molecule has 1 rings (SSSR count). The van der Waals surface area contributed by atoms with E-state index in [9.17, 15) is 9.59 Å². The van der Waals surface area contributed by atoms with E-state index < -0.39 is 11.9 Å². The summed E-state index contributed by atoms with van der Waals surface area (Å²) in [5, 5.41) is 16.5. The Balaban J connectivity index is 0.000000280. The Bertz CT molecular complexity index is 183. The minimum atomic E-state index is -1.07. The number of carboxylic acids is 1. The zero-order valence-electron chi connectivity index (χ0n) is 8.58. The molecule has 1 aliphatic heterocycles. The maximum Gasteiger partial charge on any atom is 0.322 e. The van der Waals surface area contributed by atoms with E-state index in [4.69, 9.17) is 10.8 Å². The fraction of sp³-hybridized carbons (Fsp3) is 0.750. The van der Waals surface area contributed by atoms with Crippen molar-refractivity contribution in [1.82, 2.24) is 16.0 Å². The molecule has 0 spiro atoms. The highest BCUT2D eigenvalue weighted by atomic mass is 16.4. The lowest BCUT2D eigenvalue weighted by molar-refractivity contribution is -0.137. The average Bonchev–Trinajstić information content (AvgIpc) is 2.29. The Morgan fingerprint density at radius 3 is 1.93 bits per heavy atom. The summed E-state index contributed by atoms with van der Waals surface area (Å²) in [4.78, 5) is 20.0. The van der Waals surface area contributed by atoms with Gasteiger partial charge in [0, 0.05) is 26.2 Å². The maximum atomic E-state index is 10.2. The first-order valence-electron chi connectivity index (χ1n) is 4.76. The molecule has 0 aromatic carbocycles. The number of hydrogen-bond donors (Lipinski definition) is 5.